The first-order chi connectivity index (χ1) is 14.4. The Hall–Kier alpha value is -0.0800. The molecular formula is C27H54O2. The molecule has 1 atom stereocenters. The van der Waals surface area contributed by atoms with Crippen LogP contribution in [0.2, 0.25) is 0 Å². The standard InChI is InChI=1S/C27H54O2/c1-2-3-4-5-6-7-8-9-10-11-12-13-14-15-16-17-18-19-20-21-22-23-24-28-25-27-26-29-27/h27H,2-26H2,1H3. The Kier molecular flexibility index (Phi) is 21.0. The van der Waals surface area contributed by atoms with Crippen LogP contribution in [0.25, 0.3) is 0 Å². The molecule has 1 aliphatic heterocycles. The molecule has 1 fully saturated rings. The van der Waals surface area contributed by atoms with Gasteiger partial charge in [-0.2, -0.15) is 0 Å². The van der Waals surface area contributed by atoms with Crippen LogP contribution in [0.4, 0.5) is 0 Å². The van der Waals surface area contributed by atoms with Crippen molar-refractivity contribution >= 4 is 0 Å². The SMILES string of the molecule is CCCCCCCCCCCCCCCCCCCCCCCCOCC1CO1. The minimum Gasteiger partial charge on any atom is -0.379 e. The van der Waals surface area contributed by atoms with E-state index in [1.165, 1.54) is 141 Å². The largest absolute Gasteiger partial charge is 0.379 e. The van der Waals surface area contributed by atoms with E-state index in [9.17, 15) is 0 Å². The fraction of sp³-hybridized carbons (Fsp3) is 1.00. The van der Waals surface area contributed by atoms with Crippen molar-refractivity contribution in [2.24, 2.45) is 0 Å². The lowest BCUT2D eigenvalue weighted by molar-refractivity contribution is 0.113. The van der Waals surface area contributed by atoms with E-state index < -0.39 is 0 Å². The molecule has 1 saturated heterocycles. The smallest absolute Gasteiger partial charge is 0.104 e. The van der Waals surface area contributed by atoms with Crippen molar-refractivity contribution in [3.8, 4) is 0 Å². The second-order valence-electron chi connectivity index (χ2n) is 9.45. The minimum atomic E-state index is 0.426. The molecule has 0 N–H and O–H groups in total. The van der Waals surface area contributed by atoms with Crippen molar-refractivity contribution in [1.82, 2.24) is 0 Å². The van der Waals surface area contributed by atoms with Gasteiger partial charge in [-0.25, -0.2) is 0 Å². The van der Waals surface area contributed by atoms with Crippen LogP contribution < -0.4 is 0 Å². The molecule has 174 valence electrons. The third-order valence-electron chi connectivity index (χ3n) is 6.35. The molecule has 2 heteroatoms. The number of hydrogen-bond acceptors (Lipinski definition) is 2. The van der Waals surface area contributed by atoms with E-state index in [4.69, 9.17) is 9.47 Å². The van der Waals surface area contributed by atoms with Crippen LogP contribution in [0.1, 0.15) is 148 Å². The Morgan fingerprint density at radius 3 is 1.14 bits per heavy atom. The Morgan fingerprint density at radius 1 is 0.517 bits per heavy atom. The molecule has 0 aliphatic carbocycles. The van der Waals surface area contributed by atoms with Crippen molar-refractivity contribution in [1.29, 1.82) is 0 Å². The topological polar surface area (TPSA) is 21.8 Å². The van der Waals surface area contributed by atoms with Gasteiger partial charge in [0, 0.05) is 6.61 Å². The maximum atomic E-state index is 5.58. The van der Waals surface area contributed by atoms with E-state index >= 15 is 0 Å². The van der Waals surface area contributed by atoms with E-state index in [-0.39, 0.29) is 0 Å². The summed E-state index contributed by atoms with van der Waals surface area (Å²) in [6.45, 7) is 4.96. The van der Waals surface area contributed by atoms with E-state index in [1.54, 1.807) is 0 Å². The lowest BCUT2D eigenvalue weighted by atomic mass is 10.0. The van der Waals surface area contributed by atoms with Crippen LogP contribution >= 0.6 is 0 Å². The highest BCUT2D eigenvalue weighted by Crippen LogP contribution is 2.15. The van der Waals surface area contributed by atoms with Crippen LogP contribution in [0.15, 0.2) is 0 Å². The summed E-state index contributed by atoms with van der Waals surface area (Å²) >= 11 is 0. The number of ether oxygens (including phenoxy) is 2. The molecule has 0 spiro atoms. The first-order valence-corrected chi connectivity index (χ1v) is 13.6. The number of unbranched alkanes of at least 4 members (excludes halogenated alkanes) is 21. The Balaban J connectivity index is 1.58. The molecular weight excluding hydrogens is 356 g/mol. The summed E-state index contributed by atoms with van der Waals surface area (Å²) in [5, 5.41) is 0. The average molecular weight is 411 g/mol. The normalized spacial score (nSPS) is 15.8. The zero-order valence-electron chi connectivity index (χ0n) is 20.1. The predicted molar refractivity (Wildman–Crippen MR) is 128 cm³/mol. The van der Waals surface area contributed by atoms with Crippen molar-refractivity contribution in [2.75, 3.05) is 19.8 Å². The van der Waals surface area contributed by atoms with Gasteiger partial charge in [0.2, 0.25) is 0 Å². The Bertz CT molecular complexity index is 301. The molecule has 0 aromatic heterocycles. The molecule has 0 radical (unpaired) electrons. The quantitative estimate of drug-likeness (QED) is 0.111. The summed E-state index contributed by atoms with van der Waals surface area (Å²) in [5.74, 6) is 0. The summed E-state index contributed by atoms with van der Waals surface area (Å²) in [4.78, 5) is 0. The van der Waals surface area contributed by atoms with Crippen molar-refractivity contribution in [3.63, 3.8) is 0 Å². The molecule has 1 aliphatic rings. The van der Waals surface area contributed by atoms with Gasteiger partial charge in [0.05, 0.1) is 13.2 Å². The lowest BCUT2D eigenvalue weighted by Gasteiger charge is -2.04. The third-order valence-corrected chi connectivity index (χ3v) is 6.35. The summed E-state index contributed by atoms with van der Waals surface area (Å²) in [6.07, 6.45) is 32.2. The zero-order chi connectivity index (χ0) is 20.7. The van der Waals surface area contributed by atoms with Gasteiger partial charge in [0.15, 0.2) is 0 Å². The van der Waals surface area contributed by atoms with Crippen molar-refractivity contribution < 1.29 is 9.47 Å². The molecule has 1 unspecified atom stereocenters. The van der Waals surface area contributed by atoms with E-state index in [1.807, 2.05) is 0 Å². The maximum absolute atomic E-state index is 5.58. The van der Waals surface area contributed by atoms with Gasteiger partial charge in [-0.05, 0) is 6.42 Å². The fourth-order valence-electron chi connectivity index (χ4n) is 4.19. The molecule has 0 amide bonds. The second-order valence-corrected chi connectivity index (χ2v) is 9.45. The van der Waals surface area contributed by atoms with Gasteiger partial charge < -0.3 is 9.47 Å². The van der Waals surface area contributed by atoms with E-state index in [2.05, 4.69) is 6.92 Å². The highest BCUT2D eigenvalue weighted by atomic mass is 16.6. The number of hydrogen-bond donors (Lipinski definition) is 0. The average Bonchev–Trinajstić information content (AvgIpc) is 3.55. The number of rotatable bonds is 25. The van der Waals surface area contributed by atoms with Gasteiger partial charge in [-0.1, -0.05) is 142 Å². The van der Waals surface area contributed by atoms with Gasteiger partial charge >= 0.3 is 0 Å². The second kappa shape index (κ2) is 22.6. The Morgan fingerprint density at radius 2 is 0.828 bits per heavy atom. The summed E-state index contributed by atoms with van der Waals surface area (Å²) in [7, 11) is 0. The minimum absolute atomic E-state index is 0.426. The predicted octanol–water partition coefficient (Wildman–Crippen LogP) is 9.00. The first kappa shape index (κ1) is 27.0. The van der Waals surface area contributed by atoms with Gasteiger partial charge in [0.25, 0.3) is 0 Å². The van der Waals surface area contributed by atoms with Crippen molar-refractivity contribution in [3.05, 3.63) is 0 Å². The molecule has 2 nitrogen and oxygen atoms in total. The van der Waals surface area contributed by atoms with Crippen LogP contribution in [0, 0.1) is 0 Å². The van der Waals surface area contributed by atoms with E-state index in [0.717, 1.165) is 19.8 Å². The fourth-order valence-corrected chi connectivity index (χ4v) is 4.19. The molecule has 1 rings (SSSR count). The molecule has 1 heterocycles. The van der Waals surface area contributed by atoms with Crippen LogP contribution in [-0.2, 0) is 9.47 Å². The Labute approximate surface area is 183 Å². The van der Waals surface area contributed by atoms with E-state index in [0.29, 0.717) is 6.10 Å². The molecule has 0 aromatic carbocycles. The lowest BCUT2D eigenvalue weighted by Crippen LogP contribution is -2.02. The molecule has 29 heavy (non-hydrogen) atoms. The molecule has 0 aromatic rings. The molecule has 0 bridgehead atoms. The highest BCUT2D eigenvalue weighted by Gasteiger charge is 2.21. The third kappa shape index (κ3) is 22.4. The summed E-state index contributed by atoms with van der Waals surface area (Å²) in [5.41, 5.74) is 0. The van der Waals surface area contributed by atoms with Gasteiger partial charge in [-0.15, -0.1) is 0 Å². The highest BCUT2D eigenvalue weighted by molar-refractivity contribution is 4.67. The van der Waals surface area contributed by atoms with Crippen LogP contribution in [0.3, 0.4) is 0 Å². The van der Waals surface area contributed by atoms with Gasteiger partial charge in [-0.3, -0.25) is 0 Å². The van der Waals surface area contributed by atoms with Crippen molar-refractivity contribution in [2.45, 2.75) is 154 Å². The zero-order valence-corrected chi connectivity index (χ0v) is 20.1. The maximum Gasteiger partial charge on any atom is 0.104 e. The van der Waals surface area contributed by atoms with Gasteiger partial charge in [0.1, 0.15) is 6.10 Å². The van der Waals surface area contributed by atoms with Crippen LogP contribution in [0.5, 0.6) is 0 Å². The first-order valence-electron chi connectivity index (χ1n) is 13.6. The summed E-state index contributed by atoms with van der Waals surface area (Å²) in [6, 6.07) is 0. The van der Waals surface area contributed by atoms with Crippen LogP contribution in [-0.4, -0.2) is 25.9 Å². The molecule has 0 saturated carbocycles. The summed E-state index contributed by atoms with van der Waals surface area (Å²) < 4.78 is 10.7. The number of epoxide rings is 1. The monoisotopic (exact) mass is 410 g/mol.